The van der Waals surface area contributed by atoms with Crippen molar-refractivity contribution in [2.24, 2.45) is 0 Å². The van der Waals surface area contributed by atoms with E-state index < -0.39 is 6.10 Å². The number of ether oxygens (including phenoxy) is 3. The van der Waals surface area contributed by atoms with Crippen LogP contribution in [0, 0.1) is 0 Å². The first-order chi connectivity index (χ1) is 36.5. The Balaban J connectivity index is 4.04. The number of allylic oxidation sites excluding steroid dienone is 2. The van der Waals surface area contributed by atoms with Crippen LogP contribution in [0.15, 0.2) is 12.2 Å². The number of hydrogen-bond acceptors (Lipinski definition) is 6. The molecule has 6 heteroatoms. The fraction of sp³-hybridized carbons (Fsp3) is 0.926. The van der Waals surface area contributed by atoms with Crippen molar-refractivity contribution in [3.63, 3.8) is 0 Å². The van der Waals surface area contributed by atoms with Crippen molar-refractivity contribution in [2.45, 2.75) is 393 Å². The van der Waals surface area contributed by atoms with Gasteiger partial charge >= 0.3 is 17.9 Å². The molecule has 0 radical (unpaired) electrons. The van der Waals surface area contributed by atoms with E-state index in [-0.39, 0.29) is 31.1 Å². The monoisotopic (exact) mass is 1040 g/mol. The average Bonchev–Trinajstić information content (AvgIpc) is 3.40. The van der Waals surface area contributed by atoms with E-state index >= 15 is 0 Å². The minimum Gasteiger partial charge on any atom is -0.462 e. The maximum Gasteiger partial charge on any atom is 0.306 e. The highest BCUT2D eigenvalue weighted by Gasteiger charge is 2.19. The fourth-order valence-corrected chi connectivity index (χ4v) is 10.5. The number of unbranched alkanes of at least 4 members (excludes halogenated alkanes) is 50. The van der Waals surface area contributed by atoms with Crippen LogP contribution in [0.4, 0.5) is 0 Å². The molecule has 0 aromatic heterocycles. The minimum atomic E-state index is -0.768. The van der Waals surface area contributed by atoms with Gasteiger partial charge in [0.15, 0.2) is 6.10 Å². The second-order valence-electron chi connectivity index (χ2n) is 23.1. The Kier molecular flexibility index (Phi) is 62.1. The lowest BCUT2D eigenvalue weighted by atomic mass is 10.0. The molecule has 0 aliphatic rings. The zero-order chi connectivity index (χ0) is 53.6. The van der Waals surface area contributed by atoms with Crippen molar-refractivity contribution >= 4 is 17.9 Å². The van der Waals surface area contributed by atoms with Crippen molar-refractivity contribution in [1.82, 2.24) is 0 Å². The molecule has 0 aromatic rings. The number of hydrogen-bond donors (Lipinski definition) is 0. The first-order valence-corrected chi connectivity index (χ1v) is 33.7. The van der Waals surface area contributed by atoms with Gasteiger partial charge in [0.25, 0.3) is 0 Å². The Hall–Kier alpha value is -1.85. The summed E-state index contributed by atoms with van der Waals surface area (Å²) in [5.41, 5.74) is 0. The number of carbonyl (C=O) groups excluding carboxylic acids is 3. The predicted molar refractivity (Wildman–Crippen MR) is 321 cm³/mol. The summed E-state index contributed by atoms with van der Waals surface area (Å²) >= 11 is 0. The van der Waals surface area contributed by atoms with E-state index in [1.807, 2.05) is 0 Å². The van der Waals surface area contributed by atoms with Gasteiger partial charge in [-0.3, -0.25) is 14.4 Å². The molecule has 0 saturated carbocycles. The lowest BCUT2D eigenvalue weighted by molar-refractivity contribution is -0.167. The lowest BCUT2D eigenvalue weighted by Gasteiger charge is -2.18. The first kappa shape index (κ1) is 72.2. The summed E-state index contributed by atoms with van der Waals surface area (Å²) in [6.07, 6.45) is 75.4. The van der Waals surface area contributed by atoms with Crippen LogP contribution >= 0.6 is 0 Å². The summed E-state index contributed by atoms with van der Waals surface area (Å²) in [4.78, 5) is 38.2. The Bertz CT molecular complexity index is 1150. The quantitative estimate of drug-likeness (QED) is 0.0261. The summed E-state index contributed by atoms with van der Waals surface area (Å²) in [5.74, 6) is -0.849. The Morgan fingerprint density at radius 2 is 0.473 bits per heavy atom. The maximum absolute atomic E-state index is 12.9. The third kappa shape index (κ3) is 61.0. The van der Waals surface area contributed by atoms with Gasteiger partial charge < -0.3 is 14.2 Å². The van der Waals surface area contributed by atoms with Crippen LogP contribution in [0.2, 0.25) is 0 Å². The van der Waals surface area contributed by atoms with Crippen molar-refractivity contribution < 1.29 is 28.6 Å². The molecule has 0 heterocycles. The zero-order valence-electron chi connectivity index (χ0n) is 50.4. The molecule has 0 saturated heterocycles. The third-order valence-electron chi connectivity index (χ3n) is 15.5. The highest BCUT2D eigenvalue weighted by molar-refractivity contribution is 5.71. The molecule has 0 spiro atoms. The Morgan fingerprint density at radius 1 is 0.257 bits per heavy atom. The standard InChI is InChI=1S/C68H130O6/c1-4-7-10-13-16-19-22-24-26-28-29-30-31-32-33-34-35-36-37-38-39-40-41-43-44-46-49-52-55-58-61-67(70)73-64-65(63-72-66(69)60-57-54-51-48-21-18-15-12-9-6-3)74-68(71)62-59-56-53-50-47-45-42-27-25-23-20-17-14-11-8-5-2/h12,15,65H,4-11,13-14,16-64H2,1-3H3/b15-12-. The van der Waals surface area contributed by atoms with Gasteiger partial charge in [-0.2, -0.15) is 0 Å². The largest absolute Gasteiger partial charge is 0.462 e. The van der Waals surface area contributed by atoms with Gasteiger partial charge in [0.05, 0.1) is 0 Å². The summed E-state index contributed by atoms with van der Waals surface area (Å²) in [6.45, 7) is 6.65. The number of esters is 3. The van der Waals surface area contributed by atoms with E-state index in [0.717, 1.165) is 70.6 Å². The molecule has 0 N–H and O–H groups in total. The van der Waals surface area contributed by atoms with Gasteiger partial charge in [-0.15, -0.1) is 0 Å². The molecule has 6 nitrogen and oxygen atoms in total. The van der Waals surface area contributed by atoms with Crippen molar-refractivity contribution in [1.29, 1.82) is 0 Å². The normalized spacial score (nSPS) is 12.0. The van der Waals surface area contributed by atoms with Crippen LogP contribution in [0.25, 0.3) is 0 Å². The SMILES string of the molecule is CCC/C=C\CCCCCCCC(=O)OCC(COC(=O)CCCCCCCCCCCCCCCCCCCCCCCCCCCCCCCC)OC(=O)CCCCCCCCCCCCCCCCCC. The Morgan fingerprint density at radius 3 is 0.730 bits per heavy atom. The van der Waals surface area contributed by atoms with Crippen LogP contribution < -0.4 is 0 Å². The smallest absolute Gasteiger partial charge is 0.306 e. The summed E-state index contributed by atoms with van der Waals surface area (Å²) < 4.78 is 16.9. The molecule has 0 fully saturated rings. The molecule has 1 atom stereocenters. The van der Waals surface area contributed by atoms with Gasteiger partial charge in [0.2, 0.25) is 0 Å². The fourth-order valence-electron chi connectivity index (χ4n) is 10.5. The molecule has 0 aromatic carbocycles. The molecular formula is C68H130O6. The summed E-state index contributed by atoms with van der Waals surface area (Å²) in [7, 11) is 0. The van der Waals surface area contributed by atoms with E-state index in [1.165, 1.54) is 276 Å². The molecule has 438 valence electrons. The maximum atomic E-state index is 12.9. The zero-order valence-corrected chi connectivity index (χ0v) is 50.4. The second kappa shape index (κ2) is 63.7. The van der Waals surface area contributed by atoms with Crippen molar-refractivity contribution in [3.05, 3.63) is 12.2 Å². The molecule has 0 rings (SSSR count). The van der Waals surface area contributed by atoms with Crippen molar-refractivity contribution in [3.8, 4) is 0 Å². The van der Waals surface area contributed by atoms with Crippen LogP contribution in [0.3, 0.4) is 0 Å². The van der Waals surface area contributed by atoms with Crippen LogP contribution in [-0.4, -0.2) is 37.2 Å². The second-order valence-corrected chi connectivity index (χ2v) is 23.1. The van der Waals surface area contributed by atoms with E-state index in [0.29, 0.717) is 19.3 Å². The minimum absolute atomic E-state index is 0.0664. The molecule has 0 aliphatic heterocycles. The first-order valence-electron chi connectivity index (χ1n) is 33.7. The van der Waals surface area contributed by atoms with Gasteiger partial charge in [-0.1, -0.05) is 341 Å². The molecule has 0 bridgehead atoms. The molecule has 0 amide bonds. The summed E-state index contributed by atoms with van der Waals surface area (Å²) in [5, 5.41) is 0. The lowest BCUT2D eigenvalue weighted by Crippen LogP contribution is -2.30. The highest BCUT2D eigenvalue weighted by Crippen LogP contribution is 2.19. The van der Waals surface area contributed by atoms with Crippen molar-refractivity contribution in [2.75, 3.05) is 13.2 Å². The van der Waals surface area contributed by atoms with E-state index in [4.69, 9.17) is 14.2 Å². The van der Waals surface area contributed by atoms with Crippen LogP contribution in [-0.2, 0) is 28.6 Å². The van der Waals surface area contributed by atoms with Gasteiger partial charge in [0.1, 0.15) is 13.2 Å². The van der Waals surface area contributed by atoms with Crippen LogP contribution in [0.5, 0.6) is 0 Å². The molecule has 0 aliphatic carbocycles. The average molecular weight is 1040 g/mol. The van der Waals surface area contributed by atoms with E-state index in [1.54, 1.807) is 0 Å². The summed E-state index contributed by atoms with van der Waals surface area (Å²) in [6, 6.07) is 0. The number of rotatable bonds is 63. The predicted octanol–water partition coefficient (Wildman–Crippen LogP) is 22.8. The van der Waals surface area contributed by atoms with Gasteiger partial charge in [-0.05, 0) is 38.5 Å². The highest BCUT2D eigenvalue weighted by atomic mass is 16.6. The molecule has 74 heavy (non-hydrogen) atoms. The van der Waals surface area contributed by atoms with Gasteiger partial charge in [0, 0.05) is 19.3 Å². The van der Waals surface area contributed by atoms with E-state index in [9.17, 15) is 14.4 Å². The Labute approximate surface area is 462 Å². The number of carbonyl (C=O) groups is 3. The van der Waals surface area contributed by atoms with Gasteiger partial charge in [-0.25, -0.2) is 0 Å². The van der Waals surface area contributed by atoms with E-state index in [2.05, 4.69) is 32.9 Å². The molecular weight excluding hydrogens is 913 g/mol. The molecule has 1 unspecified atom stereocenters. The third-order valence-corrected chi connectivity index (χ3v) is 15.5. The topological polar surface area (TPSA) is 78.9 Å². The van der Waals surface area contributed by atoms with Crippen LogP contribution in [0.1, 0.15) is 387 Å².